The second-order valence-electron chi connectivity index (χ2n) is 7.11. The molecule has 7 nitrogen and oxygen atoms in total. The van der Waals surface area contributed by atoms with Crippen LogP contribution in [0.2, 0.25) is 0 Å². The first-order valence-corrected chi connectivity index (χ1v) is 9.60. The number of carbonyl (C=O) groups is 2. The van der Waals surface area contributed by atoms with E-state index in [4.69, 9.17) is 9.47 Å². The number of hydrogen-bond donors (Lipinski definition) is 2. The maximum Gasteiger partial charge on any atom is 0.315 e. The molecular formula is C22H27N3O4. The number of benzene rings is 2. The monoisotopic (exact) mass is 397 g/mol. The standard InChI is InChI=1S/C22H27N3O4/c1-15(17-9-10-19(28-2)20(11-17)29-3)23-22(27)24-18-12-21(26)25(14-18)13-16-7-5-4-6-8-16/h4-11,15,18H,12-14H2,1-3H3,(H2,23,24,27). The number of rotatable bonds is 7. The Balaban J connectivity index is 1.53. The lowest BCUT2D eigenvalue weighted by Crippen LogP contribution is -2.44. The number of methoxy groups -OCH3 is 2. The molecule has 0 aromatic heterocycles. The first-order chi connectivity index (χ1) is 14.0. The zero-order chi connectivity index (χ0) is 20.8. The lowest BCUT2D eigenvalue weighted by Gasteiger charge is -2.20. The predicted molar refractivity (Wildman–Crippen MR) is 110 cm³/mol. The zero-order valence-corrected chi connectivity index (χ0v) is 17.0. The highest BCUT2D eigenvalue weighted by Gasteiger charge is 2.30. The van der Waals surface area contributed by atoms with Gasteiger partial charge < -0.3 is 25.0 Å². The highest BCUT2D eigenvalue weighted by Crippen LogP contribution is 2.29. The highest BCUT2D eigenvalue weighted by molar-refractivity contribution is 5.81. The van der Waals surface area contributed by atoms with E-state index in [0.717, 1.165) is 11.1 Å². The van der Waals surface area contributed by atoms with Crippen molar-refractivity contribution in [3.63, 3.8) is 0 Å². The van der Waals surface area contributed by atoms with Gasteiger partial charge in [-0.05, 0) is 30.2 Å². The van der Waals surface area contributed by atoms with E-state index < -0.39 is 0 Å². The molecule has 0 spiro atoms. The van der Waals surface area contributed by atoms with Crippen LogP contribution in [0.4, 0.5) is 4.79 Å². The van der Waals surface area contributed by atoms with Crippen molar-refractivity contribution in [1.82, 2.24) is 15.5 Å². The first kappa shape index (κ1) is 20.5. The molecule has 2 aromatic carbocycles. The third-order valence-electron chi connectivity index (χ3n) is 5.02. The van der Waals surface area contributed by atoms with E-state index in [-0.39, 0.29) is 24.0 Å². The van der Waals surface area contributed by atoms with Gasteiger partial charge in [0.2, 0.25) is 5.91 Å². The molecule has 3 amide bonds. The van der Waals surface area contributed by atoms with Crippen molar-refractivity contribution in [2.75, 3.05) is 20.8 Å². The minimum absolute atomic E-state index is 0.0482. The van der Waals surface area contributed by atoms with Crippen LogP contribution in [0, 0.1) is 0 Å². The van der Waals surface area contributed by atoms with Gasteiger partial charge >= 0.3 is 6.03 Å². The first-order valence-electron chi connectivity index (χ1n) is 9.60. The number of amides is 3. The lowest BCUT2D eigenvalue weighted by atomic mass is 10.1. The van der Waals surface area contributed by atoms with Crippen molar-refractivity contribution < 1.29 is 19.1 Å². The summed E-state index contributed by atoms with van der Waals surface area (Å²) in [6.07, 6.45) is 0.311. The van der Waals surface area contributed by atoms with E-state index in [1.165, 1.54) is 0 Å². The van der Waals surface area contributed by atoms with E-state index in [1.54, 1.807) is 25.2 Å². The molecule has 1 heterocycles. The Bertz CT molecular complexity index is 856. The van der Waals surface area contributed by atoms with Crippen LogP contribution in [0.3, 0.4) is 0 Å². The van der Waals surface area contributed by atoms with Crippen LogP contribution in [0.15, 0.2) is 48.5 Å². The fraction of sp³-hybridized carbons (Fsp3) is 0.364. The van der Waals surface area contributed by atoms with Crippen molar-refractivity contribution in [3.05, 3.63) is 59.7 Å². The third kappa shape index (κ3) is 5.19. The van der Waals surface area contributed by atoms with Gasteiger partial charge in [-0.15, -0.1) is 0 Å². The van der Waals surface area contributed by atoms with Crippen LogP contribution in [-0.4, -0.2) is 43.6 Å². The molecule has 7 heteroatoms. The van der Waals surface area contributed by atoms with E-state index in [2.05, 4.69) is 10.6 Å². The number of nitrogens with one attached hydrogen (secondary N) is 2. The molecule has 0 saturated carbocycles. The second kappa shape index (κ2) is 9.32. The summed E-state index contributed by atoms with van der Waals surface area (Å²) in [5.41, 5.74) is 1.97. The van der Waals surface area contributed by atoms with Gasteiger partial charge in [0.1, 0.15) is 0 Å². The molecular weight excluding hydrogens is 370 g/mol. The quantitative estimate of drug-likeness (QED) is 0.753. The Kier molecular flexibility index (Phi) is 6.59. The van der Waals surface area contributed by atoms with Crippen molar-refractivity contribution in [2.45, 2.75) is 32.0 Å². The summed E-state index contributed by atoms with van der Waals surface area (Å²) in [5, 5.41) is 5.82. The molecule has 2 atom stereocenters. The van der Waals surface area contributed by atoms with Crippen LogP contribution in [-0.2, 0) is 11.3 Å². The van der Waals surface area contributed by atoms with E-state index >= 15 is 0 Å². The van der Waals surface area contributed by atoms with Crippen molar-refractivity contribution in [2.24, 2.45) is 0 Å². The number of hydrogen-bond acceptors (Lipinski definition) is 4. The molecule has 2 unspecified atom stereocenters. The summed E-state index contributed by atoms with van der Waals surface area (Å²) in [6.45, 7) is 2.95. The van der Waals surface area contributed by atoms with Crippen LogP contribution in [0.25, 0.3) is 0 Å². The molecule has 1 fully saturated rings. The van der Waals surface area contributed by atoms with Gasteiger partial charge in [0.15, 0.2) is 11.5 Å². The van der Waals surface area contributed by atoms with Crippen LogP contribution in [0.1, 0.15) is 30.5 Å². The molecule has 3 rings (SSSR count). The Labute approximate surface area is 171 Å². The number of carbonyl (C=O) groups excluding carboxylic acids is 2. The van der Waals surface area contributed by atoms with Gasteiger partial charge in [-0.25, -0.2) is 4.79 Å². The Morgan fingerprint density at radius 3 is 2.55 bits per heavy atom. The molecule has 29 heavy (non-hydrogen) atoms. The summed E-state index contributed by atoms with van der Waals surface area (Å²) in [5.74, 6) is 1.29. The van der Waals surface area contributed by atoms with Gasteiger partial charge in [-0.2, -0.15) is 0 Å². The molecule has 0 aliphatic carbocycles. The summed E-state index contributed by atoms with van der Waals surface area (Å²) in [6, 6.07) is 14.6. The van der Waals surface area contributed by atoms with E-state index in [9.17, 15) is 9.59 Å². The Morgan fingerprint density at radius 2 is 1.86 bits per heavy atom. The van der Waals surface area contributed by atoms with Gasteiger partial charge in [0.25, 0.3) is 0 Å². The molecule has 0 bridgehead atoms. The van der Waals surface area contributed by atoms with Crippen molar-refractivity contribution in [1.29, 1.82) is 0 Å². The van der Waals surface area contributed by atoms with Crippen LogP contribution < -0.4 is 20.1 Å². The molecule has 1 saturated heterocycles. The molecule has 0 radical (unpaired) electrons. The highest BCUT2D eigenvalue weighted by atomic mass is 16.5. The largest absolute Gasteiger partial charge is 0.493 e. The minimum Gasteiger partial charge on any atom is -0.493 e. The summed E-state index contributed by atoms with van der Waals surface area (Å²) in [7, 11) is 3.15. The van der Waals surface area contributed by atoms with Gasteiger partial charge in [-0.3, -0.25) is 4.79 Å². The van der Waals surface area contributed by atoms with Gasteiger partial charge in [-0.1, -0.05) is 36.4 Å². The number of likely N-dealkylation sites (tertiary alicyclic amines) is 1. The maximum atomic E-state index is 12.4. The normalized spacial score (nSPS) is 17.0. The number of nitrogens with zero attached hydrogens (tertiary/aromatic N) is 1. The fourth-order valence-corrected chi connectivity index (χ4v) is 3.45. The number of urea groups is 1. The SMILES string of the molecule is COc1ccc(C(C)NC(=O)NC2CC(=O)N(Cc3ccccc3)C2)cc1OC. The van der Waals surface area contributed by atoms with E-state index in [1.807, 2.05) is 49.4 Å². The second-order valence-corrected chi connectivity index (χ2v) is 7.11. The minimum atomic E-state index is -0.299. The molecule has 154 valence electrons. The third-order valence-corrected chi connectivity index (χ3v) is 5.02. The van der Waals surface area contributed by atoms with Gasteiger partial charge in [0, 0.05) is 19.5 Å². The smallest absolute Gasteiger partial charge is 0.315 e. The maximum absolute atomic E-state index is 12.4. The molecule has 1 aliphatic heterocycles. The average Bonchev–Trinajstić information content (AvgIpc) is 3.06. The Morgan fingerprint density at radius 1 is 1.14 bits per heavy atom. The van der Waals surface area contributed by atoms with Crippen LogP contribution in [0.5, 0.6) is 11.5 Å². The van der Waals surface area contributed by atoms with Crippen molar-refractivity contribution in [3.8, 4) is 11.5 Å². The van der Waals surface area contributed by atoms with Gasteiger partial charge in [0.05, 0.1) is 26.3 Å². The lowest BCUT2D eigenvalue weighted by molar-refractivity contribution is -0.128. The number of ether oxygens (including phenoxy) is 2. The topological polar surface area (TPSA) is 79.9 Å². The predicted octanol–water partition coefficient (Wildman–Crippen LogP) is 2.87. The van der Waals surface area contributed by atoms with Crippen LogP contribution >= 0.6 is 0 Å². The summed E-state index contributed by atoms with van der Waals surface area (Å²) < 4.78 is 10.6. The zero-order valence-electron chi connectivity index (χ0n) is 17.0. The Hall–Kier alpha value is -3.22. The summed E-state index contributed by atoms with van der Waals surface area (Å²) in [4.78, 5) is 26.5. The molecule has 2 aromatic rings. The average molecular weight is 397 g/mol. The molecule has 1 aliphatic rings. The summed E-state index contributed by atoms with van der Waals surface area (Å²) >= 11 is 0. The van der Waals surface area contributed by atoms with E-state index in [0.29, 0.717) is 31.0 Å². The fourth-order valence-electron chi connectivity index (χ4n) is 3.45. The molecule has 2 N–H and O–H groups in total. The van der Waals surface area contributed by atoms with Crippen molar-refractivity contribution >= 4 is 11.9 Å².